The molecule has 1 fully saturated rings. The molecular weight excluding hydrogens is 440 g/mol. The molecule has 4 rings (SSSR count). The summed E-state index contributed by atoms with van der Waals surface area (Å²) in [4.78, 5) is 28.4. The third-order valence-electron chi connectivity index (χ3n) is 5.71. The lowest BCUT2D eigenvalue weighted by atomic mass is 10.00. The van der Waals surface area contributed by atoms with Crippen molar-refractivity contribution >= 4 is 39.3 Å². The monoisotopic (exact) mass is 460 g/mol. The van der Waals surface area contributed by atoms with E-state index in [0.29, 0.717) is 24.8 Å². The minimum Gasteiger partial charge on any atom is -0.367 e. The first-order valence-corrected chi connectivity index (χ1v) is 10.2. The van der Waals surface area contributed by atoms with Crippen molar-refractivity contribution < 1.29 is 27.2 Å². The Morgan fingerprint density at radius 1 is 1.27 bits per heavy atom. The van der Waals surface area contributed by atoms with Crippen molar-refractivity contribution in [3.8, 4) is 11.8 Å². The minimum atomic E-state index is -4.56. The van der Waals surface area contributed by atoms with Crippen LogP contribution in [0.1, 0.15) is 35.7 Å². The normalized spacial score (nSPS) is 16.5. The Kier molecular flexibility index (Phi) is 5.66. The van der Waals surface area contributed by atoms with E-state index in [-0.39, 0.29) is 40.3 Å². The number of anilines is 1. The first-order chi connectivity index (χ1) is 15.6. The molecule has 0 bridgehead atoms. The number of rotatable bonds is 3. The fourth-order valence-electron chi connectivity index (χ4n) is 4.35. The smallest absolute Gasteiger partial charge is 0.367 e. The van der Waals surface area contributed by atoms with E-state index in [9.17, 15) is 22.8 Å². The third-order valence-corrected chi connectivity index (χ3v) is 5.71. The number of fused-ring (bicyclic) bond motifs is 3. The SMILES string of the molecule is CC#CC(=O)N[C@@H]1CCCN(c2c(F)cc(C(N)=O)c3[nH]c4cc(C(F)(F)F)ccc4c23)C1. The quantitative estimate of drug-likeness (QED) is 0.411. The molecule has 1 aliphatic rings. The van der Waals surface area contributed by atoms with Gasteiger partial charge in [-0.1, -0.05) is 12.0 Å². The Labute approximate surface area is 186 Å². The number of halogens is 4. The summed E-state index contributed by atoms with van der Waals surface area (Å²) in [5, 5.41) is 3.39. The number of carbonyl (C=O) groups is 2. The first-order valence-electron chi connectivity index (χ1n) is 10.2. The number of alkyl halides is 3. The van der Waals surface area contributed by atoms with Gasteiger partial charge in [-0.05, 0) is 43.9 Å². The van der Waals surface area contributed by atoms with E-state index in [1.807, 2.05) is 0 Å². The van der Waals surface area contributed by atoms with E-state index in [4.69, 9.17) is 5.73 Å². The number of aromatic nitrogens is 1. The second-order valence-corrected chi connectivity index (χ2v) is 7.89. The summed E-state index contributed by atoms with van der Waals surface area (Å²) in [5.41, 5.74) is 4.80. The van der Waals surface area contributed by atoms with E-state index < -0.39 is 29.4 Å². The van der Waals surface area contributed by atoms with E-state index >= 15 is 4.39 Å². The molecule has 0 saturated carbocycles. The highest BCUT2D eigenvalue weighted by Gasteiger charge is 2.32. The summed E-state index contributed by atoms with van der Waals surface area (Å²) in [7, 11) is 0. The molecule has 2 amide bonds. The topological polar surface area (TPSA) is 91.2 Å². The number of carbonyl (C=O) groups excluding carboxylic acids is 2. The average Bonchev–Trinajstić information content (AvgIpc) is 3.11. The summed E-state index contributed by atoms with van der Waals surface area (Å²) in [5.74, 6) is 2.85. The Hall–Kier alpha value is -3.74. The second-order valence-electron chi connectivity index (χ2n) is 7.89. The van der Waals surface area contributed by atoms with Crippen LogP contribution in [0.5, 0.6) is 0 Å². The predicted octanol–water partition coefficient (Wildman–Crippen LogP) is 3.69. The maximum Gasteiger partial charge on any atom is 0.416 e. The molecular formula is C23H20F4N4O2. The first kappa shape index (κ1) is 22.5. The van der Waals surface area contributed by atoms with Crippen molar-refractivity contribution in [2.24, 2.45) is 5.73 Å². The van der Waals surface area contributed by atoms with Gasteiger partial charge in [-0.2, -0.15) is 13.2 Å². The van der Waals surface area contributed by atoms with Crippen molar-refractivity contribution in [3.63, 3.8) is 0 Å². The number of hydrogen-bond donors (Lipinski definition) is 3. The van der Waals surface area contributed by atoms with Crippen molar-refractivity contribution in [2.45, 2.75) is 32.0 Å². The number of piperidine rings is 1. The lowest BCUT2D eigenvalue weighted by molar-refractivity contribution is -0.137. The molecule has 2 aromatic carbocycles. The van der Waals surface area contributed by atoms with Crippen LogP contribution in [-0.4, -0.2) is 35.9 Å². The number of primary amides is 1. The largest absolute Gasteiger partial charge is 0.416 e. The van der Waals surface area contributed by atoms with Gasteiger partial charge < -0.3 is 20.9 Å². The number of amides is 2. The highest BCUT2D eigenvalue weighted by molar-refractivity contribution is 6.19. The number of H-pyrrole nitrogens is 1. The zero-order chi connectivity index (χ0) is 23.9. The van der Waals surface area contributed by atoms with E-state index in [2.05, 4.69) is 22.1 Å². The maximum atomic E-state index is 15.4. The molecule has 0 radical (unpaired) electrons. The highest BCUT2D eigenvalue weighted by atomic mass is 19.4. The van der Waals surface area contributed by atoms with Crippen LogP contribution in [0, 0.1) is 17.7 Å². The van der Waals surface area contributed by atoms with E-state index in [1.165, 1.54) is 6.07 Å². The molecule has 33 heavy (non-hydrogen) atoms. The molecule has 1 aromatic heterocycles. The lowest BCUT2D eigenvalue weighted by Gasteiger charge is -2.35. The number of hydrogen-bond acceptors (Lipinski definition) is 3. The summed E-state index contributed by atoms with van der Waals surface area (Å²) in [6.07, 6.45) is -3.25. The molecule has 0 unspecified atom stereocenters. The predicted molar refractivity (Wildman–Crippen MR) is 116 cm³/mol. The van der Waals surface area contributed by atoms with Gasteiger partial charge in [-0.25, -0.2) is 4.39 Å². The van der Waals surface area contributed by atoms with Crippen LogP contribution in [0.2, 0.25) is 0 Å². The number of nitrogens with zero attached hydrogens (tertiary/aromatic N) is 1. The Morgan fingerprint density at radius 2 is 2.03 bits per heavy atom. The fourth-order valence-corrected chi connectivity index (χ4v) is 4.35. The van der Waals surface area contributed by atoms with Crippen molar-refractivity contribution in [2.75, 3.05) is 18.0 Å². The van der Waals surface area contributed by atoms with Gasteiger partial charge in [0.15, 0.2) is 0 Å². The zero-order valence-electron chi connectivity index (χ0n) is 17.6. The minimum absolute atomic E-state index is 0.106. The molecule has 10 heteroatoms. The number of nitrogens with two attached hydrogens (primary N) is 1. The van der Waals surface area contributed by atoms with Gasteiger partial charge in [-0.15, -0.1) is 0 Å². The molecule has 172 valence electrons. The molecule has 0 spiro atoms. The lowest BCUT2D eigenvalue weighted by Crippen LogP contribution is -2.47. The Balaban J connectivity index is 1.88. The molecule has 1 aliphatic heterocycles. The number of benzene rings is 2. The second kappa shape index (κ2) is 8.31. The van der Waals surface area contributed by atoms with Gasteiger partial charge in [-0.3, -0.25) is 9.59 Å². The van der Waals surface area contributed by atoms with Crippen LogP contribution in [0.25, 0.3) is 21.8 Å². The fraction of sp³-hybridized carbons (Fsp3) is 0.304. The molecule has 6 nitrogen and oxygen atoms in total. The summed E-state index contributed by atoms with van der Waals surface area (Å²) < 4.78 is 55.0. The molecule has 2 heterocycles. The van der Waals surface area contributed by atoms with Crippen molar-refractivity contribution in [3.05, 3.63) is 41.2 Å². The van der Waals surface area contributed by atoms with Gasteiger partial charge in [0.25, 0.3) is 11.8 Å². The standard InChI is InChI=1S/C23H20F4N4O2/c1-2-4-18(32)29-13-5-3-8-31(11-13)21-16(24)10-15(22(28)33)20-19(21)14-7-6-12(23(25,26)27)9-17(14)30-20/h6-7,9-10,13,30H,3,5,8,11H2,1H3,(H2,28,33)(H,29,32)/t13-/m1/s1. The van der Waals surface area contributed by atoms with E-state index in [0.717, 1.165) is 18.2 Å². The molecule has 3 aromatic rings. The zero-order valence-corrected chi connectivity index (χ0v) is 17.6. The highest BCUT2D eigenvalue weighted by Crippen LogP contribution is 2.40. The number of nitrogens with one attached hydrogen (secondary N) is 2. The van der Waals surface area contributed by atoms with Crippen LogP contribution in [0.4, 0.5) is 23.2 Å². The maximum absolute atomic E-state index is 15.4. The van der Waals surface area contributed by atoms with Crippen LogP contribution >= 0.6 is 0 Å². The number of aromatic amines is 1. The van der Waals surface area contributed by atoms with E-state index in [1.54, 1.807) is 11.8 Å². The summed E-state index contributed by atoms with van der Waals surface area (Å²) in [6, 6.07) is 3.79. The Morgan fingerprint density at radius 3 is 2.70 bits per heavy atom. The summed E-state index contributed by atoms with van der Waals surface area (Å²) >= 11 is 0. The van der Waals surface area contributed by atoms with Crippen LogP contribution in [0.15, 0.2) is 24.3 Å². The van der Waals surface area contributed by atoms with Crippen molar-refractivity contribution in [1.82, 2.24) is 10.3 Å². The Bertz CT molecular complexity index is 1330. The molecule has 4 N–H and O–H groups in total. The molecule has 0 aliphatic carbocycles. The third kappa shape index (κ3) is 4.18. The van der Waals surface area contributed by atoms with Crippen LogP contribution < -0.4 is 16.0 Å². The molecule has 1 saturated heterocycles. The molecule has 1 atom stereocenters. The van der Waals surface area contributed by atoms with Crippen LogP contribution in [0.3, 0.4) is 0 Å². The van der Waals surface area contributed by atoms with Gasteiger partial charge >= 0.3 is 6.18 Å². The van der Waals surface area contributed by atoms with Crippen LogP contribution in [-0.2, 0) is 11.0 Å². The van der Waals surface area contributed by atoms with Gasteiger partial charge in [0.1, 0.15) is 5.82 Å². The summed E-state index contributed by atoms with van der Waals surface area (Å²) in [6.45, 7) is 2.27. The van der Waals surface area contributed by atoms with Crippen molar-refractivity contribution in [1.29, 1.82) is 0 Å². The van der Waals surface area contributed by atoms with Gasteiger partial charge in [0, 0.05) is 35.4 Å². The van der Waals surface area contributed by atoms with Gasteiger partial charge in [0.2, 0.25) is 0 Å². The average molecular weight is 460 g/mol. The van der Waals surface area contributed by atoms with Gasteiger partial charge in [0.05, 0.1) is 22.3 Å².